The predicted molar refractivity (Wildman–Crippen MR) is 121 cm³/mol. The van der Waals surface area contributed by atoms with E-state index in [0.717, 1.165) is 0 Å². The average Bonchev–Trinajstić information content (AvgIpc) is 2.70. The summed E-state index contributed by atoms with van der Waals surface area (Å²) in [5.74, 6) is 3.64. The van der Waals surface area contributed by atoms with Crippen molar-refractivity contribution in [2.75, 3.05) is 11.5 Å². The van der Waals surface area contributed by atoms with Gasteiger partial charge in [-0.2, -0.15) is 0 Å². The standard InChI is InChI=1S/C24H25N3O3/c1-16(25)3-4-17(2)28-22-13-23(29-20-9-5-18(26)6-10-20)15-24(14-22)30-21-11-7-19(27)8-12-21/h3-15H,25-27H2,1-2H3/b16-3+,17-4+. The second kappa shape index (κ2) is 9.43. The van der Waals surface area contributed by atoms with Gasteiger partial charge in [0.2, 0.25) is 0 Å². The molecule has 0 spiro atoms. The third-order valence-electron chi connectivity index (χ3n) is 3.94. The SMILES string of the molecule is C/C(N)=C\C=C(/C)Oc1cc(Oc2ccc(N)cc2)cc(Oc2ccc(N)cc2)c1. The van der Waals surface area contributed by atoms with Gasteiger partial charge in [0, 0.05) is 35.3 Å². The third kappa shape index (κ3) is 6.24. The minimum atomic E-state index is 0.557. The molecule has 154 valence electrons. The normalized spacial score (nSPS) is 11.8. The van der Waals surface area contributed by atoms with E-state index in [1.807, 2.05) is 13.8 Å². The number of hydrogen-bond acceptors (Lipinski definition) is 6. The molecule has 3 aromatic carbocycles. The maximum absolute atomic E-state index is 5.96. The van der Waals surface area contributed by atoms with E-state index < -0.39 is 0 Å². The van der Waals surface area contributed by atoms with Gasteiger partial charge in [0.25, 0.3) is 0 Å². The van der Waals surface area contributed by atoms with Crippen LogP contribution in [-0.2, 0) is 0 Å². The summed E-state index contributed by atoms with van der Waals surface area (Å²) in [6.07, 6.45) is 3.57. The molecule has 30 heavy (non-hydrogen) atoms. The molecule has 6 heteroatoms. The van der Waals surface area contributed by atoms with Crippen LogP contribution >= 0.6 is 0 Å². The quantitative estimate of drug-likeness (QED) is 0.270. The Morgan fingerprint density at radius 2 is 1.07 bits per heavy atom. The smallest absolute Gasteiger partial charge is 0.134 e. The van der Waals surface area contributed by atoms with Crippen LogP contribution in [0.2, 0.25) is 0 Å². The lowest BCUT2D eigenvalue weighted by molar-refractivity contribution is 0.412. The molecule has 0 aliphatic carbocycles. The van der Waals surface area contributed by atoms with Crippen LogP contribution in [0.3, 0.4) is 0 Å². The summed E-state index contributed by atoms with van der Waals surface area (Å²) < 4.78 is 17.8. The van der Waals surface area contributed by atoms with E-state index >= 15 is 0 Å². The molecule has 0 heterocycles. The first-order chi connectivity index (χ1) is 14.4. The molecule has 0 bridgehead atoms. The first-order valence-corrected chi connectivity index (χ1v) is 9.38. The molecular formula is C24H25N3O3. The summed E-state index contributed by atoms with van der Waals surface area (Å²) in [6.45, 7) is 3.65. The van der Waals surface area contributed by atoms with Gasteiger partial charge in [0.15, 0.2) is 0 Å². The van der Waals surface area contributed by atoms with Gasteiger partial charge in [-0.1, -0.05) is 0 Å². The minimum absolute atomic E-state index is 0.557. The molecule has 3 aromatic rings. The molecular weight excluding hydrogens is 378 g/mol. The highest BCUT2D eigenvalue weighted by atomic mass is 16.5. The molecule has 0 aromatic heterocycles. The highest BCUT2D eigenvalue weighted by Crippen LogP contribution is 2.34. The van der Waals surface area contributed by atoms with Crippen LogP contribution in [0.25, 0.3) is 0 Å². The van der Waals surface area contributed by atoms with E-state index in [2.05, 4.69) is 0 Å². The molecule has 0 aliphatic heterocycles. The van der Waals surface area contributed by atoms with Gasteiger partial charge in [-0.25, -0.2) is 0 Å². The molecule has 3 rings (SSSR count). The Hall–Kier alpha value is -4.06. The molecule has 0 saturated carbocycles. The molecule has 0 amide bonds. The van der Waals surface area contributed by atoms with Crippen LogP contribution in [0.15, 0.2) is 90.3 Å². The second-order valence-corrected chi connectivity index (χ2v) is 6.77. The molecule has 0 radical (unpaired) electrons. The van der Waals surface area contributed by atoms with Crippen LogP contribution in [0.4, 0.5) is 11.4 Å². The average molecular weight is 403 g/mol. The van der Waals surface area contributed by atoms with E-state index in [0.29, 0.717) is 51.6 Å². The molecule has 0 unspecified atom stereocenters. The number of anilines is 2. The third-order valence-corrected chi connectivity index (χ3v) is 3.94. The van der Waals surface area contributed by atoms with E-state index in [9.17, 15) is 0 Å². The Balaban J connectivity index is 1.89. The number of ether oxygens (including phenoxy) is 3. The largest absolute Gasteiger partial charge is 0.462 e. The molecule has 0 aliphatic rings. The second-order valence-electron chi connectivity index (χ2n) is 6.77. The van der Waals surface area contributed by atoms with Gasteiger partial charge in [0.1, 0.15) is 34.5 Å². The number of benzene rings is 3. The monoisotopic (exact) mass is 403 g/mol. The minimum Gasteiger partial charge on any atom is -0.462 e. The zero-order valence-electron chi connectivity index (χ0n) is 17.0. The lowest BCUT2D eigenvalue weighted by atomic mass is 10.2. The van der Waals surface area contributed by atoms with Crippen molar-refractivity contribution < 1.29 is 14.2 Å². The van der Waals surface area contributed by atoms with Gasteiger partial charge < -0.3 is 31.4 Å². The van der Waals surface area contributed by atoms with Crippen molar-refractivity contribution in [1.29, 1.82) is 0 Å². The van der Waals surface area contributed by atoms with E-state index in [1.54, 1.807) is 78.9 Å². The van der Waals surface area contributed by atoms with Crippen molar-refractivity contribution in [2.24, 2.45) is 5.73 Å². The first kappa shape index (κ1) is 20.7. The highest BCUT2D eigenvalue weighted by Gasteiger charge is 2.08. The van der Waals surface area contributed by atoms with Gasteiger partial charge >= 0.3 is 0 Å². The Morgan fingerprint density at radius 1 is 0.633 bits per heavy atom. The van der Waals surface area contributed by atoms with Crippen LogP contribution in [0, 0.1) is 0 Å². The molecule has 6 N–H and O–H groups in total. The van der Waals surface area contributed by atoms with Gasteiger partial charge in [-0.3, -0.25) is 0 Å². The maximum atomic E-state index is 5.96. The van der Waals surface area contributed by atoms with Crippen molar-refractivity contribution in [3.63, 3.8) is 0 Å². The Kier molecular flexibility index (Phi) is 6.49. The number of rotatable bonds is 7. The number of nitrogen functional groups attached to an aromatic ring is 2. The summed E-state index contributed by atoms with van der Waals surface area (Å²) >= 11 is 0. The van der Waals surface area contributed by atoms with Crippen LogP contribution < -0.4 is 31.4 Å². The fourth-order valence-electron chi connectivity index (χ4n) is 2.54. The van der Waals surface area contributed by atoms with Gasteiger partial charge in [-0.15, -0.1) is 0 Å². The van der Waals surface area contributed by atoms with Crippen LogP contribution in [0.1, 0.15) is 13.8 Å². The van der Waals surface area contributed by atoms with Crippen molar-refractivity contribution in [3.05, 3.63) is 90.3 Å². The van der Waals surface area contributed by atoms with E-state index in [1.165, 1.54) is 0 Å². The Bertz CT molecular complexity index is 986. The van der Waals surface area contributed by atoms with Crippen molar-refractivity contribution in [3.8, 4) is 28.7 Å². The zero-order valence-corrected chi connectivity index (χ0v) is 17.0. The first-order valence-electron chi connectivity index (χ1n) is 9.38. The summed E-state index contributed by atoms with van der Waals surface area (Å²) in [5, 5.41) is 0. The molecule has 0 saturated heterocycles. The fraction of sp³-hybridized carbons (Fsp3) is 0.0833. The summed E-state index contributed by atoms with van der Waals surface area (Å²) in [7, 11) is 0. The Morgan fingerprint density at radius 3 is 1.50 bits per heavy atom. The van der Waals surface area contributed by atoms with Gasteiger partial charge in [-0.05, 0) is 74.5 Å². The van der Waals surface area contributed by atoms with E-state index in [4.69, 9.17) is 31.4 Å². The number of allylic oxidation sites excluding steroid dienone is 4. The zero-order chi connectivity index (χ0) is 21.5. The van der Waals surface area contributed by atoms with Crippen molar-refractivity contribution >= 4 is 11.4 Å². The summed E-state index contributed by atoms with van der Waals surface area (Å²) in [4.78, 5) is 0. The number of hydrogen-bond donors (Lipinski definition) is 3. The van der Waals surface area contributed by atoms with Crippen molar-refractivity contribution in [2.45, 2.75) is 13.8 Å². The van der Waals surface area contributed by atoms with Crippen molar-refractivity contribution in [1.82, 2.24) is 0 Å². The number of nitrogens with two attached hydrogens (primary N) is 3. The summed E-state index contributed by atoms with van der Waals surface area (Å²) in [6, 6.07) is 19.6. The fourth-order valence-corrected chi connectivity index (χ4v) is 2.54. The lowest BCUT2D eigenvalue weighted by Gasteiger charge is -2.13. The predicted octanol–water partition coefficient (Wildman–Crippen LogP) is 5.58. The molecule has 0 fully saturated rings. The lowest BCUT2D eigenvalue weighted by Crippen LogP contribution is -1.95. The maximum Gasteiger partial charge on any atom is 0.134 e. The highest BCUT2D eigenvalue weighted by molar-refractivity contribution is 5.49. The van der Waals surface area contributed by atoms with Crippen LogP contribution in [-0.4, -0.2) is 0 Å². The Labute approximate surface area is 176 Å². The topological polar surface area (TPSA) is 106 Å². The molecule has 0 atom stereocenters. The van der Waals surface area contributed by atoms with E-state index in [-0.39, 0.29) is 0 Å². The van der Waals surface area contributed by atoms with Gasteiger partial charge in [0.05, 0.1) is 0 Å². The molecule has 6 nitrogen and oxygen atoms in total. The summed E-state index contributed by atoms with van der Waals surface area (Å²) in [5.41, 5.74) is 19.2. The van der Waals surface area contributed by atoms with Crippen LogP contribution in [0.5, 0.6) is 28.7 Å².